The molecule has 1 aromatic carbocycles. The van der Waals surface area contributed by atoms with Gasteiger partial charge in [-0.05, 0) is 37.8 Å². The highest BCUT2D eigenvalue weighted by Crippen LogP contribution is 2.22. The van der Waals surface area contributed by atoms with Gasteiger partial charge in [0.25, 0.3) is 5.91 Å². The lowest BCUT2D eigenvalue weighted by molar-refractivity contribution is 0.0521. The maximum absolute atomic E-state index is 12.4. The Kier molecular flexibility index (Phi) is 4.73. The van der Waals surface area contributed by atoms with E-state index in [4.69, 9.17) is 18.0 Å². The molecule has 0 aliphatic carbocycles. The number of nitrogens with zero attached hydrogens (tertiary/aromatic N) is 1. The molecule has 1 heterocycles. The van der Waals surface area contributed by atoms with Gasteiger partial charge in [0.15, 0.2) is 0 Å². The molecule has 0 aromatic heterocycles. The highest BCUT2D eigenvalue weighted by Gasteiger charge is 2.26. The van der Waals surface area contributed by atoms with Crippen molar-refractivity contribution >= 4 is 23.1 Å². The van der Waals surface area contributed by atoms with Crippen LogP contribution in [-0.2, 0) is 0 Å². The number of aliphatic hydroxyl groups excluding tert-OH is 1. The summed E-state index contributed by atoms with van der Waals surface area (Å²) in [5.41, 5.74) is 6.92. The van der Waals surface area contributed by atoms with Gasteiger partial charge in [-0.15, -0.1) is 0 Å². The zero-order valence-electron chi connectivity index (χ0n) is 11.6. The third-order valence-corrected chi connectivity index (χ3v) is 4.14. The van der Waals surface area contributed by atoms with Crippen molar-refractivity contribution in [2.75, 3.05) is 13.1 Å². The van der Waals surface area contributed by atoms with Gasteiger partial charge >= 0.3 is 0 Å². The zero-order valence-corrected chi connectivity index (χ0v) is 12.4. The molecule has 0 saturated carbocycles. The van der Waals surface area contributed by atoms with Crippen LogP contribution in [0.2, 0.25) is 0 Å². The molecule has 1 aromatic rings. The molecule has 3 N–H and O–H groups in total. The molecule has 1 aliphatic rings. The Labute approximate surface area is 124 Å². The maximum Gasteiger partial charge on any atom is 0.253 e. The van der Waals surface area contributed by atoms with Crippen LogP contribution in [0.4, 0.5) is 0 Å². The standard InChI is InChI=1S/C15H20N2O2S/c1-10(18)11-5-7-17(8-6-11)15(19)13-4-2-3-12(9-13)14(16)20/h2-4,9-11,18H,5-8H2,1H3,(H2,16,20). The molecule has 1 aliphatic heterocycles. The van der Waals surface area contributed by atoms with Crippen molar-refractivity contribution in [3.05, 3.63) is 35.4 Å². The van der Waals surface area contributed by atoms with Crippen molar-refractivity contribution in [1.82, 2.24) is 4.90 Å². The van der Waals surface area contributed by atoms with Crippen molar-refractivity contribution in [3.8, 4) is 0 Å². The first-order chi connectivity index (χ1) is 9.49. The summed E-state index contributed by atoms with van der Waals surface area (Å²) >= 11 is 4.93. The molecule has 1 atom stereocenters. The van der Waals surface area contributed by atoms with Gasteiger partial charge in [0.05, 0.1) is 6.10 Å². The van der Waals surface area contributed by atoms with E-state index in [0.29, 0.717) is 35.1 Å². The predicted octanol–water partition coefficient (Wildman–Crippen LogP) is 1.55. The number of likely N-dealkylation sites (tertiary alicyclic amines) is 1. The van der Waals surface area contributed by atoms with E-state index in [2.05, 4.69) is 0 Å². The topological polar surface area (TPSA) is 66.6 Å². The second kappa shape index (κ2) is 6.33. The fraction of sp³-hybridized carbons (Fsp3) is 0.467. The quantitative estimate of drug-likeness (QED) is 0.830. The summed E-state index contributed by atoms with van der Waals surface area (Å²) in [6.07, 6.45) is 1.39. The van der Waals surface area contributed by atoms with Crippen LogP contribution in [0.1, 0.15) is 35.7 Å². The van der Waals surface area contributed by atoms with Crippen LogP contribution >= 0.6 is 12.2 Å². The minimum absolute atomic E-state index is 0.00661. The average Bonchev–Trinajstić information content (AvgIpc) is 2.46. The van der Waals surface area contributed by atoms with Crippen LogP contribution in [0.15, 0.2) is 24.3 Å². The molecular weight excluding hydrogens is 272 g/mol. The maximum atomic E-state index is 12.4. The summed E-state index contributed by atoms with van der Waals surface area (Å²) in [5.74, 6) is 0.300. The number of rotatable bonds is 3. The number of carbonyl (C=O) groups is 1. The van der Waals surface area contributed by atoms with Gasteiger partial charge < -0.3 is 15.7 Å². The summed E-state index contributed by atoms with van der Waals surface area (Å²) in [4.78, 5) is 14.6. The highest BCUT2D eigenvalue weighted by molar-refractivity contribution is 7.80. The van der Waals surface area contributed by atoms with E-state index in [1.54, 1.807) is 24.3 Å². The van der Waals surface area contributed by atoms with E-state index >= 15 is 0 Å². The molecule has 20 heavy (non-hydrogen) atoms. The van der Waals surface area contributed by atoms with E-state index in [-0.39, 0.29) is 12.0 Å². The van der Waals surface area contributed by atoms with Gasteiger partial charge in [-0.2, -0.15) is 0 Å². The lowest BCUT2D eigenvalue weighted by Gasteiger charge is -2.33. The number of nitrogens with two attached hydrogens (primary N) is 1. The van der Waals surface area contributed by atoms with E-state index in [1.807, 2.05) is 11.8 Å². The van der Waals surface area contributed by atoms with E-state index in [0.717, 1.165) is 12.8 Å². The van der Waals surface area contributed by atoms with Gasteiger partial charge in [-0.25, -0.2) is 0 Å². The van der Waals surface area contributed by atoms with Crippen molar-refractivity contribution in [3.63, 3.8) is 0 Å². The molecule has 5 heteroatoms. The van der Waals surface area contributed by atoms with Crippen LogP contribution in [0.3, 0.4) is 0 Å². The number of benzene rings is 1. The molecule has 0 spiro atoms. The Morgan fingerprint density at radius 1 is 1.40 bits per heavy atom. The Morgan fingerprint density at radius 3 is 2.55 bits per heavy atom. The second-order valence-corrected chi connectivity index (χ2v) is 5.76. The molecule has 0 radical (unpaired) electrons. The van der Waals surface area contributed by atoms with Gasteiger partial charge in [-0.3, -0.25) is 4.79 Å². The molecule has 1 amide bonds. The zero-order chi connectivity index (χ0) is 14.7. The predicted molar refractivity (Wildman–Crippen MR) is 82.6 cm³/mol. The smallest absolute Gasteiger partial charge is 0.253 e. The van der Waals surface area contributed by atoms with Crippen LogP contribution in [-0.4, -0.2) is 40.1 Å². The Balaban J connectivity index is 2.05. The van der Waals surface area contributed by atoms with Crippen LogP contribution < -0.4 is 5.73 Å². The van der Waals surface area contributed by atoms with Gasteiger partial charge in [0.2, 0.25) is 0 Å². The SMILES string of the molecule is CC(O)C1CCN(C(=O)c2cccc(C(N)=S)c2)CC1. The van der Waals surface area contributed by atoms with Crippen LogP contribution in [0.25, 0.3) is 0 Å². The first-order valence-electron chi connectivity index (χ1n) is 6.86. The van der Waals surface area contributed by atoms with E-state index in [1.165, 1.54) is 0 Å². The summed E-state index contributed by atoms with van der Waals surface area (Å²) in [6.45, 7) is 3.19. The lowest BCUT2D eigenvalue weighted by Crippen LogP contribution is -2.40. The van der Waals surface area contributed by atoms with Crippen LogP contribution in [0.5, 0.6) is 0 Å². The van der Waals surface area contributed by atoms with Crippen molar-refractivity contribution in [2.45, 2.75) is 25.9 Å². The number of amides is 1. The minimum atomic E-state index is -0.301. The number of piperidine rings is 1. The lowest BCUT2D eigenvalue weighted by atomic mass is 9.92. The average molecular weight is 292 g/mol. The van der Waals surface area contributed by atoms with Gasteiger partial charge in [0, 0.05) is 24.2 Å². The minimum Gasteiger partial charge on any atom is -0.393 e. The summed E-state index contributed by atoms with van der Waals surface area (Å²) in [5, 5.41) is 9.58. The Hall–Kier alpha value is -1.46. The summed E-state index contributed by atoms with van der Waals surface area (Å²) in [7, 11) is 0. The van der Waals surface area contributed by atoms with E-state index in [9.17, 15) is 9.90 Å². The molecule has 1 unspecified atom stereocenters. The number of carbonyl (C=O) groups excluding carboxylic acids is 1. The van der Waals surface area contributed by atoms with Crippen LogP contribution in [0, 0.1) is 5.92 Å². The summed E-state index contributed by atoms with van der Waals surface area (Å²) < 4.78 is 0. The molecule has 108 valence electrons. The Bertz CT molecular complexity index is 508. The van der Waals surface area contributed by atoms with Crippen molar-refractivity contribution in [2.24, 2.45) is 11.7 Å². The monoisotopic (exact) mass is 292 g/mol. The largest absolute Gasteiger partial charge is 0.393 e. The number of thiocarbonyl (C=S) groups is 1. The first-order valence-corrected chi connectivity index (χ1v) is 7.27. The second-order valence-electron chi connectivity index (χ2n) is 5.32. The van der Waals surface area contributed by atoms with Gasteiger partial charge in [-0.1, -0.05) is 24.4 Å². The number of hydrogen-bond acceptors (Lipinski definition) is 3. The highest BCUT2D eigenvalue weighted by atomic mass is 32.1. The third-order valence-electron chi connectivity index (χ3n) is 3.90. The number of aliphatic hydroxyl groups is 1. The van der Waals surface area contributed by atoms with Gasteiger partial charge in [0.1, 0.15) is 4.99 Å². The normalized spacial score (nSPS) is 17.8. The molecule has 1 saturated heterocycles. The van der Waals surface area contributed by atoms with E-state index < -0.39 is 0 Å². The molecular formula is C15H20N2O2S. The fourth-order valence-corrected chi connectivity index (χ4v) is 2.70. The third kappa shape index (κ3) is 3.35. The fourth-order valence-electron chi connectivity index (χ4n) is 2.57. The first kappa shape index (κ1) is 14.9. The Morgan fingerprint density at radius 2 is 2.00 bits per heavy atom. The summed E-state index contributed by atoms with van der Waals surface area (Å²) in [6, 6.07) is 7.12. The molecule has 1 fully saturated rings. The van der Waals surface area contributed by atoms with Crippen molar-refractivity contribution < 1.29 is 9.90 Å². The molecule has 4 nitrogen and oxygen atoms in total. The van der Waals surface area contributed by atoms with Crippen molar-refractivity contribution in [1.29, 1.82) is 0 Å². The number of hydrogen-bond donors (Lipinski definition) is 2. The molecule has 0 bridgehead atoms. The molecule has 2 rings (SSSR count).